The molecule has 0 aromatic heterocycles. The molecule has 4 heteroatoms. The van der Waals surface area contributed by atoms with E-state index in [9.17, 15) is 9.59 Å². The van der Waals surface area contributed by atoms with Gasteiger partial charge in [0.25, 0.3) is 0 Å². The Hall–Kier alpha value is -1.84. The minimum atomic E-state index is -0.539. The first-order chi connectivity index (χ1) is 8.09. The van der Waals surface area contributed by atoms with Crippen LogP contribution in [0.3, 0.4) is 0 Å². The molecular weight excluding hydrogens is 220 g/mol. The molecule has 0 aliphatic heterocycles. The van der Waals surface area contributed by atoms with Gasteiger partial charge in [0.1, 0.15) is 6.61 Å². The molecule has 0 aliphatic rings. The fourth-order valence-corrected chi connectivity index (χ4v) is 1.08. The Morgan fingerprint density at radius 2 is 1.76 bits per heavy atom. The van der Waals surface area contributed by atoms with Gasteiger partial charge in [0, 0.05) is 0 Å². The molecule has 0 spiro atoms. The van der Waals surface area contributed by atoms with Crippen molar-refractivity contribution in [2.75, 3.05) is 6.61 Å². The summed E-state index contributed by atoms with van der Waals surface area (Å²) >= 11 is 0. The lowest BCUT2D eigenvalue weighted by Gasteiger charge is -2.07. The Labute approximate surface area is 101 Å². The number of esters is 2. The molecule has 0 N–H and O–H groups in total. The number of benzene rings is 1. The molecule has 17 heavy (non-hydrogen) atoms. The molecule has 0 amide bonds. The van der Waals surface area contributed by atoms with Crippen LogP contribution in [0.15, 0.2) is 30.3 Å². The van der Waals surface area contributed by atoms with Gasteiger partial charge in [-0.1, -0.05) is 44.2 Å². The van der Waals surface area contributed by atoms with Crippen molar-refractivity contribution in [3.63, 3.8) is 0 Å². The molecular formula is C13H16O4. The predicted octanol–water partition coefficient (Wildman–Crippen LogP) is 1.93. The average Bonchev–Trinajstić information content (AvgIpc) is 2.34. The van der Waals surface area contributed by atoms with E-state index in [4.69, 9.17) is 9.47 Å². The van der Waals surface area contributed by atoms with Crippen molar-refractivity contribution in [3.8, 4) is 0 Å². The number of hydrogen-bond donors (Lipinski definition) is 0. The zero-order chi connectivity index (χ0) is 12.7. The second-order valence-corrected chi connectivity index (χ2v) is 3.91. The standard InChI is InChI=1S/C13H16O4/c1-10(2)13(15)17-9-12(14)16-8-11-6-4-3-5-7-11/h3-7,10H,8-9H2,1-2H3. The summed E-state index contributed by atoms with van der Waals surface area (Å²) in [6, 6.07) is 9.32. The Kier molecular flexibility index (Phi) is 5.20. The maximum Gasteiger partial charge on any atom is 0.344 e. The normalized spacial score (nSPS) is 10.1. The monoisotopic (exact) mass is 236 g/mol. The third-order valence-corrected chi connectivity index (χ3v) is 2.05. The van der Waals surface area contributed by atoms with Crippen molar-refractivity contribution in [1.29, 1.82) is 0 Å². The van der Waals surface area contributed by atoms with Gasteiger partial charge in [-0.15, -0.1) is 0 Å². The number of carbonyl (C=O) groups excluding carboxylic acids is 2. The summed E-state index contributed by atoms with van der Waals surface area (Å²) in [5, 5.41) is 0. The van der Waals surface area contributed by atoms with Gasteiger partial charge in [0.05, 0.1) is 5.92 Å². The molecule has 0 unspecified atom stereocenters. The molecule has 1 aromatic carbocycles. The summed E-state index contributed by atoms with van der Waals surface area (Å²) in [7, 11) is 0. The van der Waals surface area contributed by atoms with E-state index >= 15 is 0 Å². The summed E-state index contributed by atoms with van der Waals surface area (Å²) in [4.78, 5) is 22.3. The predicted molar refractivity (Wildman–Crippen MR) is 62.0 cm³/mol. The topological polar surface area (TPSA) is 52.6 Å². The molecule has 0 aliphatic carbocycles. The lowest BCUT2D eigenvalue weighted by molar-refractivity contribution is -0.161. The Balaban J connectivity index is 2.24. The van der Waals surface area contributed by atoms with Gasteiger partial charge in [0.15, 0.2) is 6.61 Å². The molecule has 0 saturated heterocycles. The van der Waals surface area contributed by atoms with Gasteiger partial charge in [-0.25, -0.2) is 4.79 Å². The summed E-state index contributed by atoms with van der Waals surface area (Å²) < 4.78 is 9.68. The maximum absolute atomic E-state index is 11.2. The van der Waals surface area contributed by atoms with Crippen LogP contribution >= 0.6 is 0 Å². The molecule has 0 heterocycles. The summed E-state index contributed by atoms with van der Waals surface area (Å²) in [6.07, 6.45) is 0. The highest BCUT2D eigenvalue weighted by Gasteiger charge is 2.11. The third-order valence-electron chi connectivity index (χ3n) is 2.05. The van der Waals surface area contributed by atoms with E-state index in [1.54, 1.807) is 13.8 Å². The third kappa shape index (κ3) is 5.15. The largest absolute Gasteiger partial charge is 0.458 e. The van der Waals surface area contributed by atoms with Crippen molar-refractivity contribution >= 4 is 11.9 Å². The zero-order valence-corrected chi connectivity index (χ0v) is 10.0. The Morgan fingerprint density at radius 1 is 1.12 bits per heavy atom. The highest BCUT2D eigenvalue weighted by atomic mass is 16.6. The first-order valence-electron chi connectivity index (χ1n) is 5.46. The number of carbonyl (C=O) groups is 2. The van der Waals surface area contributed by atoms with Crippen LogP contribution in [0.5, 0.6) is 0 Å². The van der Waals surface area contributed by atoms with Crippen LogP contribution in [0, 0.1) is 5.92 Å². The lowest BCUT2D eigenvalue weighted by Crippen LogP contribution is -2.19. The van der Waals surface area contributed by atoms with Crippen molar-refractivity contribution in [2.45, 2.75) is 20.5 Å². The van der Waals surface area contributed by atoms with Crippen LogP contribution in [-0.2, 0) is 25.7 Å². The molecule has 0 radical (unpaired) electrons. The van der Waals surface area contributed by atoms with E-state index < -0.39 is 11.9 Å². The second kappa shape index (κ2) is 6.68. The van der Waals surface area contributed by atoms with Crippen LogP contribution in [0.2, 0.25) is 0 Å². The van der Waals surface area contributed by atoms with Crippen molar-refractivity contribution in [3.05, 3.63) is 35.9 Å². The molecule has 0 saturated carbocycles. The maximum atomic E-state index is 11.2. The first-order valence-corrected chi connectivity index (χ1v) is 5.46. The first kappa shape index (κ1) is 13.2. The quantitative estimate of drug-likeness (QED) is 0.733. The van der Waals surface area contributed by atoms with Crippen LogP contribution in [-0.4, -0.2) is 18.5 Å². The zero-order valence-electron chi connectivity index (χ0n) is 10.0. The van der Waals surface area contributed by atoms with Crippen LogP contribution in [0.25, 0.3) is 0 Å². The van der Waals surface area contributed by atoms with E-state index in [2.05, 4.69) is 0 Å². The number of hydrogen-bond acceptors (Lipinski definition) is 4. The van der Waals surface area contributed by atoms with E-state index in [0.29, 0.717) is 0 Å². The van der Waals surface area contributed by atoms with Gasteiger partial charge in [-0.2, -0.15) is 0 Å². The highest BCUT2D eigenvalue weighted by Crippen LogP contribution is 2.01. The molecule has 0 atom stereocenters. The van der Waals surface area contributed by atoms with Crippen LogP contribution < -0.4 is 0 Å². The van der Waals surface area contributed by atoms with E-state index in [1.807, 2.05) is 30.3 Å². The summed E-state index contributed by atoms with van der Waals surface area (Å²) in [5.74, 6) is -1.18. The number of ether oxygens (including phenoxy) is 2. The van der Waals surface area contributed by atoms with Gasteiger partial charge in [-0.05, 0) is 5.56 Å². The van der Waals surface area contributed by atoms with Crippen molar-refractivity contribution in [1.82, 2.24) is 0 Å². The smallest absolute Gasteiger partial charge is 0.344 e. The van der Waals surface area contributed by atoms with Crippen molar-refractivity contribution in [2.24, 2.45) is 5.92 Å². The molecule has 92 valence electrons. The molecule has 0 bridgehead atoms. The van der Waals surface area contributed by atoms with E-state index in [-0.39, 0.29) is 19.1 Å². The van der Waals surface area contributed by atoms with E-state index in [1.165, 1.54) is 0 Å². The summed E-state index contributed by atoms with van der Waals surface area (Å²) in [6.45, 7) is 3.28. The molecule has 1 rings (SSSR count). The van der Waals surface area contributed by atoms with Gasteiger partial charge >= 0.3 is 11.9 Å². The molecule has 4 nitrogen and oxygen atoms in total. The lowest BCUT2D eigenvalue weighted by atomic mass is 10.2. The Bertz CT molecular complexity index is 370. The minimum Gasteiger partial charge on any atom is -0.458 e. The van der Waals surface area contributed by atoms with Crippen molar-refractivity contribution < 1.29 is 19.1 Å². The van der Waals surface area contributed by atoms with Gasteiger partial charge in [-0.3, -0.25) is 4.79 Å². The molecule has 0 fully saturated rings. The number of rotatable bonds is 5. The van der Waals surface area contributed by atoms with Gasteiger partial charge < -0.3 is 9.47 Å². The van der Waals surface area contributed by atoms with Crippen LogP contribution in [0.4, 0.5) is 0 Å². The van der Waals surface area contributed by atoms with Crippen LogP contribution in [0.1, 0.15) is 19.4 Å². The minimum absolute atomic E-state index is 0.193. The SMILES string of the molecule is CC(C)C(=O)OCC(=O)OCc1ccccc1. The van der Waals surface area contributed by atoms with E-state index in [0.717, 1.165) is 5.56 Å². The molecule has 1 aromatic rings. The fraction of sp³-hybridized carbons (Fsp3) is 0.385. The highest BCUT2D eigenvalue weighted by molar-refractivity contribution is 5.77. The second-order valence-electron chi connectivity index (χ2n) is 3.91. The average molecular weight is 236 g/mol. The Morgan fingerprint density at radius 3 is 2.35 bits per heavy atom. The summed E-state index contributed by atoms with van der Waals surface area (Å²) in [5.41, 5.74) is 0.899. The fourth-order valence-electron chi connectivity index (χ4n) is 1.08. The van der Waals surface area contributed by atoms with Gasteiger partial charge in [0.2, 0.25) is 0 Å².